The van der Waals surface area contributed by atoms with Crippen LogP contribution in [-0.2, 0) is 20.8 Å². The number of hydrogen-bond acceptors (Lipinski definition) is 4. The number of carbonyl (C=O) groups is 1. The quantitative estimate of drug-likeness (QED) is 0.432. The van der Waals surface area contributed by atoms with Crippen molar-refractivity contribution in [2.45, 2.75) is 80.6 Å². The van der Waals surface area contributed by atoms with Gasteiger partial charge in [-0.3, -0.25) is 0 Å². The van der Waals surface area contributed by atoms with E-state index in [0.29, 0.717) is 0 Å². The van der Waals surface area contributed by atoms with Crippen LogP contribution in [0.1, 0.15) is 75.7 Å². The largest absolute Gasteiger partial charge is 0.467 e. The summed E-state index contributed by atoms with van der Waals surface area (Å²) >= 11 is 0. The van der Waals surface area contributed by atoms with Crippen LogP contribution in [0.5, 0.6) is 0 Å². The fourth-order valence-corrected chi connectivity index (χ4v) is 3.99. The highest BCUT2D eigenvalue weighted by Gasteiger charge is 2.34. The Morgan fingerprint density at radius 1 is 1.20 bits per heavy atom. The predicted molar refractivity (Wildman–Crippen MR) is 124 cm³/mol. The first-order valence-corrected chi connectivity index (χ1v) is 10.6. The second kappa shape index (κ2) is 9.17. The zero-order chi connectivity index (χ0) is 22.8. The number of pyridine rings is 1. The van der Waals surface area contributed by atoms with Crippen LogP contribution in [0.3, 0.4) is 0 Å². The summed E-state index contributed by atoms with van der Waals surface area (Å²) in [6.45, 7) is 19.0. The van der Waals surface area contributed by atoms with Crippen LogP contribution in [0, 0.1) is 20.8 Å². The summed E-state index contributed by atoms with van der Waals surface area (Å²) in [6, 6.07) is 0. The summed E-state index contributed by atoms with van der Waals surface area (Å²) in [5, 5.41) is 1.06. The van der Waals surface area contributed by atoms with Crippen LogP contribution >= 0.6 is 0 Å². The molecule has 2 rings (SSSR count). The van der Waals surface area contributed by atoms with Crippen molar-refractivity contribution in [2.75, 3.05) is 7.11 Å². The smallest absolute Gasteiger partial charge is 0.339 e. The molecule has 0 radical (unpaired) electrons. The number of nitrogens with zero attached hydrogens (tertiary/aromatic N) is 2. The Morgan fingerprint density at radius 3 is 2.30 bits per heavy atom. The normalized spacial score (nSPS) is 14.0. The Hall–Kier alpha value is -2.40. The maximum Gasteiger partial charge on any atom is 0.339 e. The van der Waals surface area contributed by atoms with Gasteiger partial charge in [0, 0.05) is 34.4 Å². The number of ether oxygens (including phenoxy) is 2. The fourth-order valence-electron chi connectivity index (χ4n) is 3.99. The molecule has 164 valence electrons. The predicted octanol–water partition coefficient (Wildman–Crippen LogP) is 5.99. The number of hydrogen-bond donors (Lipinski definition) is 0. The van der Waals surface area contributed by atoms with Gasteiger partial charge in [-0.2, -0.15) is 0 Å². The number of allylic oxidation sites excluding steroid dienone is 4. The first-order chi connectivity index (χ1) is 14.0. The van der Waals surface area contributed by atoms with Crippen molar-refractivity contribution in [3.63, 3.8) is 0 Å². The van der Waals surface area contributed by atoms with Gasteiger partial charge in [0.2, 0.25) is 0 Å². The Morgan fingerprint density at radius 2 is 1.83 bits per heavy atom. The molecular weight excluding hydrogens is 376 g/mol. The van der Waals surface area contributed by atoms with Crippen LogP contribution in [0.25, 0.3) is 16.6 Å². The first kappa shape index (κ1) is 23.9. The molecule has 0 saturated carbocycles. The standard InChI is InChI=1S/C25H36N2O3/c1-11-14-18(12-2)21-19-15(4)17(6)27(13-3)23(19)26-16(5)20(21)22(24(28)29-10)30-25(7,8)9/h11-12,14,22H,13H2,1-10H3/b14-11-,18-12+. The second-order valence-corrected chi connectivity index (χ2v) is 8.52. The third-order valence-electron chi connectivity index (χ3n) is 5.40. The minimum atomic E-state index is -0.869. The third-order valence-corrected chi connectivity index (χ3v) is 5.40. The van der Waals surface area contributed by atoms with Crippen LogP contribution in [0.4, 0.5) is 0 Å². The highest BCUT2D eigenvalue weighted by molar-refractivity contribution is 5.99. The zero-order valence-electron chi connectivity index (χ0n) is 20.1. The molecule has 1 atom stereocenters. The summed E-state index contributed by atoms with van der Waals surface area (Å²) in [5.74, 6) is -0.421. The number of aromatic nitrogens is 2. The van der Waals surface area contributed by atoms with Gasteiger partial charge in [-0.25, -0.2) is 9.78 Å². The molecule has 1 unspecified atom stereocenters. The van der Waals surface area contributed by atoms with Gasteiger partial charge in [0.05, 0.1) is 12.7 Å². The Balaban J connectivity index is 3.08. The summed E-state index contributed by atoms with van der Waals surface area (Å²) in [6.07, 6.45) is 5.28. The number of esters is 1. The van der Waals surface area contributed by atoms with E-state index in [1.807, 2.05) is 47.6 Å². The van der Waals surface area contributed by atoms with Gasteiger partial charge in [-0.05, 0) is 73.5 Å². The average molecular weight is 413 g/mol. The van der Waals surface area contributed by atoms with Crippen LogP contribution < -0.4 is 0 Å². The van der Waals surface area contributed by atoms with E-state index in [0.717, 1.165) is 40.0 Å². The SMILES string of the molecule is C/C=C\C(=C/C)c1c(C(OC(C)(C)C)C(=O)OC)c(C)nc2c1c(C)c(C)n2CC. The van der Waals surface area contributed by atoms with E-state index in [1.165, 1.54) is 18.4 Å². The number of fused-ring (bicyclic) bond motifs is 1. The average Bonchev–Trinajstić information content (AvgIpc) is 2.91. The van der Waals surface area contributed by atoms with E-state index >= 15 is 0 Å². The highest BCUT2D eigenvalue weighted by atomic mass is 16.6. The van der Waals surface area contributed by atoms with Crippen molar-refractivity contribution in [3.8, 4) is 0 Å². The van der Waals surface area contributed by atoms with Gasteiger partial charge in [-0.15, -0.1) is 0 Å². The second-order valence-electron chi connectivity index (χ2n) is 8.52. The lowest BCUT2D eigenvalue weighted by Crippen LogP contribution is -2.29. The molecule has 2 heterocycles. The molecule has 0 fully saturated rings. The zero-order valence-corrected chi connectivity index (χ0v) is 20.1. The molecule has 2 aromatic rings. The maximum atomic E-state index is 12.9. The summed E-state index contributed by atoms with van der Waals surface area (Å²) in [5.41, 5.74) is 6.32. The van der Waals surface area contributed by atoms with Crippen molar-refractivity contribution in [2.24, 2.45) is 0 Å². The van der Waals surface area contributed by atoms with Gasteiger partial charge >= 0.3 is 5.97 Å². The molecule has 0 saturated heterocycles. The minimum Gasteiger partial charge on any atom is -0.467 e. The Bertz CT molecular complexity index is 1000. The van der Waals surface area contributed by atoms with Crippen LogP contribution in [0.2, 0.25) is 0 Å². The van der Waals surface area contributed by atoms with Crippen molar-refractivity contribution < 1.29 is 14.3 Å². The van der Waals surface area contributed by atoms with Gasteiger partial charge in [0.15, 0.2) is 6.10 Å². The van der Waals surface area contributed by atoms with Crippen LogP contribution in [0.15, 0.2) is 18.2 Å². The van der Waals surface area contributed by atoms with Gasteiger partial charge < -0.3 is 14.0 Å². The fraction of sp³-hybridized carbons (Fsp3) is 0.520. The van der Waals surface area contributed by atoms with E-state index in [-0.39, 0.29) is 0 Å². The topological polar surface area (TPSA) is 53.4 Å². The summed E-state index contributed by atoms with van der Waals surface area (Å²) < 4.78 is 13.6. The first-order valence-electron chi connectivity index (χ1n) is 10.6. The van der Waals surface area contributed by atoms with E-state index in [1.54, 1.807) is 0 Å². The van der Waals surface area contributed by atoms with E-state index < -0.39 is 17.7 Å². The van der Waals surface area contributed by atoms with Crippen molar-refractivity contribution >= 4 is 22.6 Å². The van der Waals surface area contributed by atoms with Crippen molar-refractivity contribution in [1.29, 1.82) is 0 Å². The number of rotatable bonds is 6. The van der Waals surface area contributed by atoms with Gasteiger partial charge in [0.1, 0.15) is 5.65 Å². The van der Waals surface area contributed by atoms with Crippen LogP contribution in [-0.4, -0.2) is 28.2 Å². The van der Waals surface area contributed by atoms with Crippen molar-refractivity contribution in [1.82, 2.24) is 9.55 Å². The molecule has 0 aliphatic heterocycles. The Labute approximate surface area is 180 Å². The number of methoxy groups -OCH3 is 1. The molecule has 0 amide bonds. The molecule has 0 spiro atoms. The summed E-state index contributed by atoms with van der Waals surface area (Å²) in [7, 11) is 1.40. The Kier molecular flexibility index (Phi) is 7.30. The van der Waals surface area contributed by atoms with E-state index in [9.17, 15) is 4.79 Å². The molecule has 0 bridgehead atoms. The molecule has 5 nitrogen and oxygen atoms in total. The molecule has 0 aromatic carbocycles. The lowest BCUT2D eigenvalue weighted by Gasteiger charge is -2.29. The van der Waals surface area contributed by atoms with Gasteiger partial charge in [0.25, 0.3) is 0 Å². The highest BCUT2D eigenvalue weighted by Crippen LogP contribution is 2.40. The lowest BCUT2D eigenvalue weighted by molar-refractivity contribution is -0.164. The third kappa shape index (κ3) is 4.36. The molecule has 5 heteroatoms. The molecule has 0 aliphatic rings. The number of carbonyl (C=O) groups excluding carboxylic acids is 1. The van der Waals surface area contributed by atoms with Gasteiger partial charge in [-0.1, -0.05) is 18.2 Å². The summed E-state index contributed by atoms with van der Waals surface area (Å²) in [4.78, 5) is 17.9. The molecular formula is C25H36N2O3. The van der Waals surface area contributed by atoms with Crippen molar-refractivity contribution in [3.05, 3.63) is 46.3 Å². The van der Waals surface area contributed by atoms with E-state index in [2.05, 4.69) is 37.5 Å². The molecule has 30 heavy (non-hydrogen) atoms. The minimum absolute atomic E-state index is 0.421. The molecule has 0 aliphatic carbocycles. The maximum absolute atomic E-state index is 12.9. The van der Waals surface area contributed by atoms with E-state index in [4.69, 9.17) is 14.5 Å². The molecule has 2 aromatic heterocycles. The molecule has 0 N–H and O–H groups in total. The monoisotopic (exact) mass is 412 g/mol. The lowest BCUT2D eigenvalue weighted by atomic mass is 9.90. The number of aryl methyl sites for hydroxylation is 3.